The van der Waals surface area contributed by atoms with Gasteiger partial charge in [0, 0.05) is 5.56 Å². The molecule has 0 aromatic carbocycles. The van der Waals surface area contributed by atoms with Crippen LogP contribution in [0.5, 0.6) is 5.06 Å². The summed E-state index contributed by atoms with van der Waals surface area (Å²) in [6.07, 6.45) is 0. The topological polar surface area (TPSA) is 43.4 Å². The Morgan fingerprint density at radius 1 is 1.33 bits per heavy atom. The van der Waals surface area contributed by atoms with Crippen molar-refractivity contribution in [3.63, 3.8) is 0 Å². The van der Waals surface area contributed by atoms with E-state index in [1.807, 2.05) is 0 Å². The van der Waals surface area contributed by atoms with Crippen LogP contribution < -0.4 is 4.18 Å². The van der Waals surface area contributed by atoms with E-state index in [0.29, 0.717) is 11.1 Å². The normalized spacial score (nSPS) is 12.9. The van der Waals surface area contributed by atoms with Crippen molar-refractivity contribution in [3.05, 3.63) is 16.5 Å². The van der Waals surface area contributed by atoms with Gasteiger partial charge in [-0.2, -0.15) is 21.6 Å². The lowest BCUT2D eigenvalue weighted by Crippen LogP contribution is -2.27. The Labute approximate surface area is 88.6 Å². The third-order valence-corrected chi connectivity index (χ3v) is 3.84. The number of thiophene rings is 1. The van der Waals surface area contributed by atoms with Crippen LogP contribution in [0.2, 0.25) is 0 Å². The lowest BCUT2D eigenvalue weighted by molar-refractivity contribution is -0.0499. The molecule has 0 unspecified atom stereocenters. The maximum Gasteiger partial charge on any atom is 0.534 e. The van der Waals surface area contributed by atoms with E-state index in [2.05, 4.69) is 4.18 Å². The van der Waals surface area contributed by atoms with Crippen LogP contribution in [-0.2, 0) is 10.1 Å². The molecular formula is C7H7F3O3S2. The maximum atomic E-state index is 11.9. The Bertz CT molecular complexity index is 458. The lowest BCUT2D eigenvalue weighted by atomic mass is 10.2. The molecule has 0 bridgehead atoms. The van der Waals surface area contributed by atoms with Gasteiger partial charge in [0.25, 0.3) is 0 Å². The fraction of sp³-hybridized carbons (Fsp3) is 0.429. The van der Waals surface area contributed by atoms with Gasteiger partial charge in [0.15, 0.2) is 5.06 Å². The van der Waals surface area contributed by atoms with Gasteiger partial charge in [-0.15, -0.1) is 11.3 Å². The van der Waals surface area contributed by atoms with Crippen molar-refractivity contribution in [1.29, 1.82) is 0 Å². The number of hydrogen-bond acceptors (Lipinski definition) is 4. The first-order chi connectivity index (χ1) is 6.65. The summed E-state index contributed by atoms with van der Waals surface area (Å²) in [6.45, 7) is 3.14. The minimum atomic E-state index is -5.55. The van der Waals surface area contributed by atoms with Gasteiger partial charge in [0.2, 0.25) is 0 Å². The molecule has 1 aromatic rings. The van der Waals surface area contributed by atoms with Crippen LogP contribution in [0.3, 0.4) is 0 Å². The second-order valence-corrected chi connectivity index (χ2v) is 5.19. The first-order valence-corrected chi connectivity index (χ1v) is 5.99. The van der Waals surface area contributed by atoms with Crippen molar-refractivity contribution in [1.82, 2.24) is 0 Å². The zero-order valence-corrected chi connectivity index (χ0v) is 9.39. The van der Waals surface area contributed by atoms with Gasteiger partial charge in [-0.05, 0) is 24.8 Å². The van der Waals surface area contributed by atoms with Crippen LogP contribution in [0.4, 0.5) is 13.2 Å². The van der Waals surface area contributed by atoms with E-state index in [-0.39, 0.29) is 5.06 Å². The second-order valence-electron chi connectivity index (χ2n) is 2.81. The number of rotatable bonds is 2. The summed E-state index contributed by atoms with van der Waals surface area (Å²) < 4.78 is 61.1. The molecule has 8 heteroatoms. The highest BCUT2D eigenvalue weighted by molar-refractivity contribution is 7.88. The Balaban J connectivity index is 3.03. The first kappa shape index (κ1) is 12.3. The monoisotopic (exact) mass is 260 g/mol. The molecule has 0 amide bonds. The van der Waals surface area contributed by atoms with E-state index in [0.717, 1.165) is 11.3 Å². The van der Waals surface area contributed by atoms with E-state index in [9.17, 15) is 21.6 Å². The van der Waals surface area contributed by atoms with Gasteiger partial charge >= 0.3 is 15.6 Å². The van der Waals surface area contributed by atoms with E-state index in [1.165, 1.54) is 12.3 Å². The van der Waals surface area contributed by atoms with Gasteiger partial charge in [-0.3, -0.25) is 0 Å². The van der Waals surface area contributed by atoms with Crippen LogP contribution in [-0.4, -0.2) is 13.9 Å². The highest BCUT2D eigenvalue weighted by Crippen LogP contribution is 2.34. The molecule has 0 aliphatic heterocycles. The second kappa shape index (κ2) is 3.67. The molecule has 1 aromatic heterocycles. The van der Waals surface area contributed by atoms with Crippen molar-refractivity contribution >= 4 is 21.5 Å². The highest BCUT2D eigenvalue weighted by atomic mass is 32.2. The molecule has 0 fully saturated rings. The predicted octanol–water partition coefficient (Wildman–Crippen LogP) is 2.59. The van der Waals surface area contributed by atoms with E-state index >= 15 is 0 Å². The van der Waals surface area contributed by atoms with E-state index in [4.69, 9.17) is 0 Å². The molecule has 0 atom stereocenters. The summed E-state index contributed by atoms with van der Waals surface area (Å²) in [6, 6.07) is 0. The number of alkyl halides is 3. The van der Waals surface area contributed by atoms with Crippen LogP contribution >= 0.6 is 11.3 Å². The molecule has 1 heterocycles. The molecule has 1 rings (SSSR count). The third-order valence-electron chi connectivity index (χ3n) is 1.71. The fourth-order valence-corrected chi connectivity index (χ4v) is 2.35. The minimum absolute atomic E-state index is 0.246. The summed E-state index contributed by atoms with van der Waals surface area (Å²) in [5.74, 6) is 0. The minimum Gasteiger partial charge on any atom is -0.365 e. The smallest absolute Gasteiger partial charge is 0.365 e. The largest absolute Gasteiger partial charge is 0.534 e. The summed E-state index contributed by atoms with van der Waals surface area (Å²) in [4.78, 5) is 0. The molecule has 0 saturated heterocycles. The summed E-state index contributed by atoms with van der Waals surface area (Å²) in [7, 11) is -5.55. The summed E-state index contributed by atoms with van der Waals surface area (Å²) in [5, 5.41) is 1.28. The Morgan fingerprint density at radius 2 is 1.87 bits per heavy atom. The van der Waals surface area contributed by atoms with Crippen molar-refractivity contribution in [2.45, 2.75) is 19.4 Å². The summed E-state index contributed by atoms with van der Waals surface area (Å²) >= 11 is 0.818. The van der Waals surface area contributed by atoms with Crippen molar-refractivity contribution < 1.29 is 25.8 Å². The van der Waals surface area contributed by atoms with E-state index < -0.39 is 15.6 Å². The van der Waals surface area contributed by atoms with Gasteiger partial charge in [0.1, 0.15) is 0 Å². The highest BCUT2D eigenvalue weighted by Gasteiger charge is 2.48. The van der Waals surface area contributed by atoms with Crippen molar-refractivity contribution in [2.75, 3.05) is 0 Å². The van der Waals surface area contributed by atoms with Crippen LogP contribution in [0.1, 0.15) is 11.1 Å². The van der Waals surface area contributed by atoms with Crippen LogP contribution in [0.25, 0.3) is 0 Å². The average Bonchev–Trinajstić information content (AvgIpc) is 2.33. The van der Waals surface area contributed by atoms with Crippen LogP contribution in [0, 0.1) is 13.8 Å². The van der Waals surface area contributed by atoms with E-state index in [1.54, 1.807) is 6.92 Å². The molecule has 0 spiro atoms. The molecule has 0 aliphatic rings. The Hall–Kier alpha value is -0.760. The SMILES string of the molecule is Cc1csc(OS(=O)(=O)C(F)(F)F)c1C. The van der Waals surface area contributed by atoms with Crippen molar-refractivity contribution in [2.24, 2.45) is 0 Å². The van der Waals surface area contributed by atoms with Gasteiger partial charge < -0.3 is 4.18 Å². The lowest BCUT2D eigenvalue weighted by Gasteiger charge is -2.08. The Morgan fingerprint density at radius 3 is 2.20 bits per heavy atom. The number of hydrogen-bond donors (Lipinski definition) is 0. The zero-order chi connectivity index (χ0) is 11.9. The molecule has 86 valence electrons. The van der Waals surface area contributed by atoms with Gasteiger partial charge in [0.05, 0.1) is 0 Å². The molecule has 0 radical (unpaired) electrons. The standard InChI is InChI=1S/C7H7F3O3S2/c1-4-3-14-6(5(4)2)13-15(11,12)7(8,9)10/h3H,1-2H3. The molecule has 0 saturated carbocycles. The number of halogens is 3. The van der Waals surface area contributed by atoms with Crippen LogP contribution in [0.15, 0.2) is 5.38 Å². The van der Waals surface area contributed by atoms with Gasteiger partial charge in [-0.1, -0.05) is 0 Å². The quantitative estimate of drug-likeness (QED) is 0.606. The number of aryl methyl sites for hydroxylation is 1. The van der Waals surface area contributed by atoms with Crippen molar-refractivity contribution in [3.8, 4) is 5.06 Å². The molecule has 3 nitrogen and oxygen atoms in total. The molecule has 15 heavy (non-hydrogen) atoms. The zero-order valence-electron chi connectivity index (χ0n) is 7.75. The summed E-state index contributed by atoms with van der Waals surface area (Å²) in [5.41, 5.74) is -4.31. The Kier molecular flexibility index (Phi) is 3.01. The fourth-order valence-electron chi connectivity index (χ4n) is 0.709. The average molecular weight is 260 g/mol. The third kappa shape index (κ3) is 2.43. The first-order valence-electron chi connectivity index (χ1n) is 3.70. The predicted molar refractivity (Wildman–Crippen MR) is 49.4 cm³/mol. The van der Waals surface area contributed by atoms with Gasteiger partial charge in [-0.25, -0.2) is 0 Å². The molecule has 0 aliphatic carbocycles. The molecule has 0 N–H and O–H groups in total. The molecular weight excluding hydrogens is 253 g/mol. The maximum absolute atomic E-state index is 11.9.